The molecule has 0 spiro atoms. The Balaban J connectivity index is 2.27. The fourth-order valence-corrected chi connectivity index (χ4v) is 2.44. The van der Waals surface area contributed by atoms with Gasteiger partial charge in [-0.05, 0) is 18.2 Å². The van der Waals surface area contributed by atoms with Crippen molar-refractivity contribution in [2.45, 2.75) is 10.6 Å². The summed E-state index contributed by atoms with van der Waals surface area (Å²) in [6.07, 6.45) is 1.52. The molecule has 0 aliphatic heterocycles. The van der Waals surface area contributed by atoms with Crippen LogP contribution in [0, 0.1) is 10.1 Å². The van der Waals surface area contributed by atoms with Crippen LogP contribution >= 0.6 is 11.8 Å². The minimum atomic E-state index is -1.11. The lowest BCUT2D eigenvalue weighted by atomic mass is 10.2. The molecule has 2 aromatic rings. The maximum Gasteiger partial charge on any atom is 0.336 e. The number of hydrogen-bond acceptors (Lipinski definition) is 5. The quantitative estimate of drug-likeness (QED) is 0.513. The zero-order chi connectivity index (χ0) is 13.8. The van der Waals surface area contributed by atoms with Gasteiger partial charge in [-0.1, -0.05) is 0 Å². The van der Waals surface area contributed by atoms with Crippen LogP contribution < -0.4 is 0 Å². The summed E-state index contributed by atoms with van der Waals surface area (Å²) in [6, 6.07) is 7.16. The molecule has 0 saturated carbocycles. The van der Waals surface area contributed by atoms with Crippen LogP contribution in [-0.4, -0.2) is 16.0 Å². The Labute approximate surface area is 112 Å². The van der Waals surface area contributed by atoms with E-state index in [1.165, 1.54) is 36.2 Å². The van der Waals surface area contributed by atoms with E-state index in [-0.39, 0.29) is 11.3 Å². The number of benzene rings is 1. The first-order chi connectivity index (χ1) is 9.08. The van der Waals surface area contributed by atoms with Gasteiger partial charge in [0.05, 0.1) is 22.5 Å². The molecule has 98 valence electrons. The van der Waals surface area contributed by atoms with Gasteiger partial charge in [-0.3, -0.25) is 10.1 Å². The van der Waals surface area contributed by atoms with Crippen LogP contribution in [-0.2, 0) is 5.75 Å². The molecule has 1 aromatic carbocycles. The van der Waals surface area contributed by atoms with E-state index in [0.29, 0.717) is 16.4 Å². The van der Waals surface area contributed by atoms with E-state index in [4.69, 9.17) is 9.52 Å². The number of thioether (sulfide) groups is 1. The van der Waals surface area contributed by atoms with Crippen LogP contribution in [0.2, 0.25) is 0 Å². The van der Waals surface area contributed by atoms with Crippen molar-refractivity contribution in [3.63, 3.8) is 0 Å². The molecule has 0 bridgehead atoms. The molecule has 0 aliphatic rings. The summed E-state index contributed by atoms with van der Waals surface area (Å²) in [7, 11) is 0. The summed E-state index contributed by atoms with van der Waals surface area (Å²) in [5, 5.41) is 19.7. The van der Waals surface area contributed by atoms with Gasteiger partial charge < -0.3 is 9.52 Å². The van der Waals surface area contributed by atoms with Crippen LogP contribution in [0.1, 0.15) is 16.1 Å². The lowest BCUT2D eigenvalue weighted by molar-refractivity contribution is -0.385. The third-order valence-electron chi connectivity index (χ3n) is 2.36. The number of carboxylic acids is 1. The predicted molar refractivity (Wildman–Crippen MR) is 68.3 cm³/mol. The number of non-ortho nitro benzene ring substituents is 1. The van der Waals surface area contributed by atoms with Crippen molar-refractivity contribution in [1.29, 1.82) is 0 Å². The molecule has 6 nitrogen and oxygen atoms in total. The summed E-state index contributed by atoms with van der Waals surface area (Å²) in [5.74, 6) is -0.0289. The Morgan fingerprint density at radius 1 is 1.42 bits per heavy atom. The minimum absolute atomic E-state index is 0.0437. The standard InChI is InChI=1S/C12H9NO5S/c14-12(15)10-4-3-8(13(16)17)6-11(10)19-7-9-2-1-5-18-9/h1-6H,7H2,(H,14,15). The Morgan fingerprint density at radius 2 is 2.21 bits per heavy atom. The van der Waals surface area contributed by atoms with Crippen LogP contribution in [0.3, 0.4) is 0 Å². The molecule has 1 N–H and O–H groups in total. The molecule has 0 aliphatic carbocycles. The highest BCUT2D eigenvalue weighted by atomic mass is 32.2. The lowest BCUT2D eigenvalue weighted by Gasteiger charge is -2.04. The third-order valence-corrected chi connectivity index (χ3v) is 3.43. The van der Waals surface area contributed by atoms with Crippen LogP contribution in [0.5, 0.6) is 0 Å². The van der Waals surface area contributed by atoms with Crippen molar-refractivity contribution in [3.05, 3.63) is 58.0 Å². The summed E-state index contributed by atoms with van der Waals surface area (Å²) < 4.78 is 5.13. The Kier molecular flexibility index (Phi) is 3.86. The fourth-order valence-electron chi connectivity index (χ4n) is 1.46. The maximum absolute atomic E-state index is 11.1. The van der Waals surface area contributed by atoms with Gasteiger partial charge in [-0.2, -0.15) is 0 Å². The van der Waals surface area contributed by atoms with Gasteiger partial charge in [-0.15, -0.1) is 11.8 Å². The zero-order valence-corrected chi connectivity index (χ0v) is 10.4. The van der Waals surface area contributed by atoms with E-state index in [1.807, 2.05) is 0 Å². The summed E-state index contributed by atoms with van der Waals surface area (Å²) >= 11 is 1.19. The van der Waals surface area contributed by atoms with E-state index >= 15 is 0 Å². The van der Waals surface area contributed by atoms with E-state index in [2.05, 4.69) is 0 Å². The molecule has 0 amide bonds. The molecular weight excluding hydrogens is 270 g/mol. The first-order valence-corrected chi connectivity index (χ1v) is 6.23. The number of rotatable bonds is 5. The van der Waals surface area contributed by atoms with E-state index in [0.717, 1.165) is 0 Å². The smallest absolute Gasteiger partial charge is 0.336 e. The molecule has 0 atom stereocenters. The zero-order valence-electron chi connectivity index (χ0n) is 9.61. The number of nitrogens with zero attached hydrogens (tertiary/aromatic N) is 1. The van der Waals surface area contributed by atoms with E-state index in [9.17, 15) is 14.9 Å². The van der Waals surface area contributed by atoms with Crippen molar-refractivity contribution in [3.8, 4) is 0 Å². The van der Waals surface area contributed by atoms with Crippen LogP contribution in [0.25, 0.3) is 0 Å². The van der Waals surface area contributed by atoms with Crippen LogP contribution in [0.15, 0.2) is 45.9 Å². The SMILES string of the molecule is O=C(O)c1ccc([N+](=O)[O-])cc1SCc1ccco1. The summed E-state index contributed by atoms with van der Waals surface area (Å²) in [6.45, 7) is 0. The van der Waals surface area contributed by atoms with Gasteiger partial charge in [0.25, 0.3) is 5.69 Å². The van der Waals surface area contributed by atoms with Gasteiger partial charge in [0, 0.05) is 17.0 Å². The molecule has 1 aromatic heterocycles. The molecule has 1 heterocycles. The lowest BCUT2D eigenvalue weighted by Crippen LogP contribution is -2.00. The normalized spacial score (nSPS) is 10.3. The molecule has 7 heteroatoms. The number of nitro groups is 1. The monoisotopic (exact) mass is 279 g/mol. The van der Waals surface area contributed by atoms with Crippen molar-refractivity contribution in [1.82, 2.24) is 0 Å². The Hall–Kier alpha value is -2.28. The fraction of sp³-hybridized carbons (Fsp3) is 0.0833. The molecule has 0 saturated heterocycles. The molecule has 0 unspecified atom stereocenters. The molecule has 0 radical (unpaired) electrons. The Morgan fingerprint density at radius 3 is 2.79 bits per heavy atom. The highest BCUT2D eigenvalue weighted by Crippen LogP contribution is 2.30. The Bertz CT molecular complexity index is 609. The minimum Gasteiger partial charge on any atom is -0.478 e. The number of aromatic carboxylic acids is 1. The molecule has 19 heavy (non-hydrogen) atoms. The number of furan rings is 1. The molecule has 2 rings (SSSR count). The third kappa shape index (κ3) is 3.14. The topological polar surface area (TPSA) is 93.6 Å². The average Bonchev–Trinajstić information content (AvgIpc) is 2.88. The highest BCUT2D eigenvalue weighted by molar-refractivity contribution is 7.98. The number of carbonyl (C=O) groups is 1. The van der Waals surface area contributed by atoms with Crippen LogP contribution in [0.4, 0.5) is 5.69 Å². The second-order valence-electron chi connectivity index (χ2n) is 3.61. The highest BCUT2D eigenvalue weighted by Gasteiger charge is 2.16. The van der Waals surface area contributed by atoms with Crippen molar-refractivity contribution in [2.75, 3.05) is 0 Å². The first kappa shape index (κ1) is 13.2. The number of carboxylic acid groups (broad SMARTS) is 1. The summed E-state index contributed by atoms with van der Waals surface area (Å²) in [4.78, 5) is 21.5. The van der Waals surface area contributed by atoms with Crippen molar-refractivity contribution >= 4 is 23.4 Å². The average molecular weight is 279 g/mol. The maximum atomic E-state index is 11.1. The van der Waals surface area contributed by atoms with E-state index < -0.39 is 10.9 Å². The summed E-state index contributed by atoms with van der Waals surface area (Å²) in [5.41, 5.74) is -0.0888. The predicted octanol–water partition coefficient (Wildman–Crippen LogP) is 3.18. The van der Waals surface area contributed by atoms with Crippen molar-refractivity contribution in [2.24, 2.45) is 0 Å². The number of nitro benzene ring substituents is 1. The van der Waals surface area contributed by atoms with Gasteiger partial charge in [-0.25, -0.2) is 4.79 Å². The van der Waals surface area contributed by atoms with Crippen molar-refractivity contribution < 1.29 is 19.2 Å². The van der Waals surface area contributed by atoms with E-state index in [1.54, 1.807) is 12.1 Å². The molecule has 0 fully saturated rings. The number of hydrogen-bond donors (Lipinski definition) is 1. The first-order valence-electron chi connectivity index (χ1n) is 5.25. The molecular formula is C12H9NO5S. The van der Waals surface area contributed by atoms with Gasteiger partial charge in [0.2, 0.25) is 0 Å². The van der Waals surface area contributed by atoms with Gasteiger partial charge in [0.15, 0.2) is 0 Å². The van der Waals surface area contributed by atoms with Gasteiger partial charge in [0.1, 0.15) is 5.76 Å². The largest absolute Gasteiger partial charge is 0.478 e. The van der Waals surface area contributed by atoms with Gasteiger partial charge >= 0.3 is 5.97 Å². The second kappa shape index (κ2) is 5.57. The second-order valence-corrected chi connectivity index (χ2v) is 4.63.